The summed E-state index contributed by atoms with van der Waals surface area (Å²) in [4.78, 5) is 24.0. The molecule has 5 rings (SSSR count). The molecule has 4 heterocycles. The third kappa shape index (κ3) is 4.01. The molecule has 156 valence electrons. The zero-order valence-corrected chi connectivity index (χ0v) is 17.4. The molecule has 1 N–H and O–H groups in total. The molecule has 3 aromatic heterocycles. The van der Waals surface area contributed by atoms with E-state index in [2.05, 4.69) is 33.2 Å². The van der Waals surface area contributed by atoms with E-state index in [1.165, 1.54) is 5.56 Å². The van der Waals surface area contributed by atoms with Crippen LogP contribution in [0.5, 0.6) is 0 Å². The molecule has 1 fully saturated rings. The molecule has 0 radical (unpaired) electrons. The largest absolute Gasteiger partial charge is 0.464 e. The highest BCUT2D eigenvalue weighted by Crippen LogP contribution is 2.27. The first-order valence-corrected chi connectivity index (χ1v) is 10.6. The molecular formula is C25H24N4O2. The Labute approximate surface area is 180 Å². The quantitative estimate of drug-likeness (QED) is 0.531. The Morgan fingerprint density at radius 2 is 1.81 bits per heavy atom. The number of aryl methyl sites for hydroxylation is 1. The molecule has 1 aromatic carbocycles. The first-order chi connectivity index (χ1) is 15.2. The molecule has 1 aliphatic rings. The fourth-order valence-electron chi connectivity index (χ4n) is 4.12. The van der Waals surface area contributed by atoms with Crippen molar-refractivity contribution in [1.82, 2.24) is 15.3 Å². The summed E-state index contributed by atoms with van der Waals surface area (Å²) in [6, 6.07) is 15.7. The summed E-state index contributed by atoms with van der Waals surface area (Å²) < 4.78 is 5.46. The number of carbonyl (C=O) groups excluding carboxylic acids is 1. The third-order valence-electron chi connectivity index (χ3n) is 5.86. The first-order valence-electron chi connectivity index (χ1n) is 10.6. The van der Waals surface area contributed by atoms with E-state index in [1.807, 2.05) is 48.7 Å². The van der Waals surface area contributed by atoms with Crippen LogP contribution in [-0.4, -0.2) is 35.0 Å². The van der Waals surface area contributed by atoms with Gasteiger partial charge < -0.3 is 14.6 Å². The predicted octanol–water partition coefficient (Wildman–Crippen LogP) is 4.60. The molecule has 0 atom stereocenters. The van der Waals surface area contributed by atoms with E-state index in [0.29, 0.717) is 5.56 Å². The van der Waals surface area contributed by atoms with Gasteiger partial charge in [0, 0.05) is 48.0 Å². The second-order valence-electron chi connectivity index (χ2n) is 8.00. The average molecular weight is 412 g/mol. The van der Waals surface area contributed by atoms with Gasteiger partial charge in [-0.25, -0.2) is 4.98 Å². The summed E-state index contributed by atoms with van der Waals surface area (Å²) in [7, 11) is 0. The van der Waals surface area contributed by atoms with Gasteiger partial charge in [0.2, 0.25) is 0 Å². The van der Waals surface area contributed by atoms with Crippen molar-refractivity contribution in [1.29, 1.82) is 0 Å². The van der Waals surface area contributed by atoms with Crippen LogP contribution in [0.15, 0.2) is 71.6 Å². The van der Waals surface area contributed by atoms with Crippen molar-refractivity contribution in [3.63, 3.8) is 0 Å². The Hall–Kier alpha value is -3.67. The minimum Gasteiger partial charge on any atom is -0.464 e. The monoisotopic (exact) mass is 412 g/mol. The smallest absolute Gasteiger partial charge is 0.251 e. The summed E-state index contributed by atoms with van der Waals surface area (Å²) in [5, 5.41) is 4.15. The van der Waals surface area contributed by atoms with Crippen molar-refractivity contribution >= 4 is 22.7 Å². The number of hydrogen-bond donors (Lipinski definition) is 1. The van der Waals surface area contributed by atoms with Crippen LogP contribution in [-0.2, 0) is 0 Å². The average Bonchev–Trinajstić information content (AvgIpc) is 3.29. The lowest BCUT2D eigenvalue weighted by atomic mass is 10.0. The predicted molar refractivity (Wildman–Crippen MR) is 121 cm³/mol. The van der Waals surface area contributed by atoms with Gasteiger partial charge in [0.05, 0.1) is 12.0 Å². The van der Waals surface area contributed by atoms with Crippen LogP contribution < -0.4 is 10.2 Å². The maximum atomic E-state index is 12.8. The van der Waals surface area contributed by atoms with Crippen molar-refractivity contribution in [2.75, 3.05) is 18.0 Å². The highest BCUT2D eigenvalue weighted by Gasteiger charge is 2.22. The number of anilines is 1. The highest BCUT2D eigenvalue weighted by molar-refractivity contribution is 5.96. The molecule has 1 aliphatic heterocycles. The number of pyridine rings is 2. The van der Waals surface area contributed by atoms with Crippen molar-refractivity contribution in [2.45, 2.75) is 25.8 Å². The maximum Gasteiger partial charge on any atom is 0.251 e. The molecule has 1 amide bonds. The van der Waals surface area contributed by atoms with Crippen molar-refractivity contribution in [2.24, 2.45) is 0 Å². The number of aromatic nitrogens is 2. The van der Waals surface area contributed by atoms with Crippen LogP contribution in [0.3, 0.4) is 0 Å². The van der Waals surface area contributed by atoms with Crippen LogP contribution in [0.1, 0.15) is 28.8 Å². The Kier molecular flexibility index (Phi) is 5.12. The number of rotatable bonds is 4. The minimum absolute atomic E-state index is 0.0341. The lowest BCUT2D eigenvalue weighted by molar-refractivity contribution is 0.0931. The van der Waals surface area contributed by atoms with Gasteiger partial charge in [0.1, 0.15) is 11.4 Å². The molecule has 0 bridgehead atoms. The number of fused-ring (bicyclic) bond motifs is 1. The first kappa shape index (κ1) is 19.3. The maximum absolute atomic E-state index is 12.8. The fraction of sp³-hybridized carbons (Fsp3) is 0.240. The minimum atomic E-state index is -0.0341. The molecule has 6 nitrogen and oxygen atoms in total. The zero-order valence-electron chi connectivity index (χ0n) is 17.4. The van der Waals surface area contributed by atoms with Crippen LogP contribution in [0.2, 0.25) is 0 Å². The SMILES string of the molecule is Cc1ccnc(N2CCC(NC(=O)c3ccc(-c4nccc5occc45)cc3)CC2)c1. The molecule has 6 heteroatoms. The Balaban J connectivity index is 1.22. The number of amides is 1. The molecule has 0 aliphatic carbocycles. The highest BCUT2D eigenvalue weighted by atomic mass is 16.3. The van der Waals surface area contributed by atoms with Gasteiger partial charge in [0.25, 0.3) is 5.91 Å². The lowest BCUT2D eigenvalue weighted by Crippen LogP contribution is -2.45. The molecule has 0 saturated carbocycles. The summed E-state index contributed by atoms with van der Waals surface area (Å²) in [5.74, 6) is 0.981. The van der Waals surface area contributed by atoms with E-state index in [0.717, 1.165) is 54.0 Å². The molecule has 0 unspecified atom stereocenters. The van der Waals surface area contributed by atoms with Gasteiger partial charge in [-0.15, -0.1) is 0 Å². The number of nitrogens with one attached hydrogen (secondary N) is 1. The summed E-state index contributed by atoms with van der Waals surface area (Å²) in [6.45, 7) is 3.86. The normalized spacial score (nSPS) is 14.7. The third-order valence-corrected chi connectivity index (χ3v) is 5.86. The van der Waals surface area contributed by atoms with Crippen molar-refractivity contribution in [3.05, 3.63) is 78.3 Å². The summed E-state index contributed by atoms with van der Waals surface area (Å²) in [5.41, 5.74) is 4.49. The van der Waals surface area contributed by atoms with Gasteiger partial charge >= 0.3 is 0 Å². The van der Waals surface area contributed by atoms with E-state index in [4.69, 9.17) is 4.42 Å². The molecule has 0 spiro atoms. The van der Waals surface area contributed by atoms with E-state index < -0.39 is 0 Å². The molecular weight excluding hydrogens is 388 g/mol. The topological polar surface area (TPSA) is 71.3 Å². The standard InChI is InChI=1S/C25H24N4O2/c1-17-6-11-26-23(16-17)29-13-8-20(9-14-29)28-25(30)19-4-2-18(3-5-19)24-21-10-15-31-22(21)7-12-27-24/h2-7,10-12,15-16,20H,8-9,13-14H2,1H3,(H,28,30). The van der Waals surface area contributed by atoms with E-state index in [9.17, 15) is 4.79 Å². The van der Waals surface area contributed by atoms with Gasteiger partial charge in [-0.2, -0.15) is 0 Å². The van der Waals surface area contributed by atoms with Gasteiger partial charge in [-0.05, 0) is 61.7 Å². The van der Waals surface area contributed by atoms with Gasteiger partial charge in [-0.1, -0.05) is 12.1 Å². The number of carbonyl (C=O) groups is 1. The summed E-state index contributed by atoms with van der Waals surface area (Å²) >= 11 is 0. The van der Waals surface area contributed by atoms with E-state index in [1.54, 1.807) is 12.5 Å². The number of nitrogens with zero attached hydrogens (tertiary/aromatic N) is 3. The van der Waals surface area contributed by atoms with Gasteiger partial charge in [-0.3, -0.25) is 9.78 Å². The number of hydrogen-bond acceptors (Lipinski definition) is 5. The molecule has 4 aromatic rings. The molecule has 31 heavy (non-hydrogen) atoms. The molecule has 1 saturated heterocycles. The summed E-state index contributed by atoms with van der Waals surface area (Å²) in [6.07, 6.45) is 7.07. The zero-order chi connectivity index (χ0) is 21.2. The van der Waals surface area contributed by atoms with Crippen molar-refractivity contribution < 1.29 is 9.21 Å². The Bertz CT molecular complexity index is 1210. The van der Waals surface area contributed by atoms with Crippen LogP contribution in [0.25, 0.3) is 22.2 Å². The van der Waals surface area contributed by atoms with Crippen LogP contribution in [0, 0.1) is 6.92 Å². The van der Waals surface area contributed by atoms with Crippen LogP contribution >= 0.6 is 0 Å². The second-order valence-corrected chi connectivity index (χ2v) is 8.00. The van der Waals surface area contributed by atoms with Crippen LogP contribution in [0.4, 0.5) is 5.82 Å². The number of piperidine rings is 1. The lowest BCUT2D eigenvalue weighted by Gasteiger charge is -2.33. The second kappa shape index (κ2) is 8.22. The number of furan rings is 1. The van der Waals surface area contributed by atoms with Gasteiger partial charge in [0.15, 0.2) is 0 Å². The fourth-order valence-corrected chi connectivity index (χ4v) is 4.12. The number of benzene rings is 1. The van der Waals surface area contributed by atoms with E-state index >= 15 is 0 Å². The Morgan fingerprint density at radius 3 is 2.58 bits per heavy atom. The van der Waals surface area contributed by atoms with Crippen molar-refractivity contribution in [3.8, 4) is 11.3 Å². The Morgan fingerprint density at radius 1 is 1.03 bits per heavy atom. The van der Waals surface area contributed by atoms with E-state index in [-0.39, 0.29) is 11.9 Å².